The fourth-order valence-electron chi connectivity index (χ4n) is 2.81. The molecule has 1 N–H and O–H groups in total. The number of ether oxygens (including phenoxy) is 1. The number of carbonyl (C=O) groups excluding carboxylic acids is 1. The summed E-state index contributed by atoms with van der Waals surface area (Å²) in [5.74, 6) is -0.193. The third-order valence-electron chi connectivity index (χ3n) is 4.30. The fraction of sp³-hybridized carbons (Fsp3) is 0.136. The molecule has 0 aromatic heterocycles. The van der Waals surface area contributed by atoms with Gasteiger partial charge in [-0.1, -0.05) is 54.6 Å². The van der Waals surface area contributed by atoms with Crippen LogP contribution in [-0.4, -0.2) is 17.4 Å². The molecule has 0 spiro atoms. The Morgan fingerprint density at radius 3 is 2.45 bits per heavy atom. The SMILES string of the molecule is O=C(COc1ccccc1Cc1ccccc1)NCc1cc([N+](=O)[O-])ccc1[O-]. The van der Waals surface area contributed by atoms with Crippen LogP contribution in [0.5, 0.6) is 11.5 Å². The zero-order chi connectivity index (χ0) is 20.6. The third kappa shape index (κ3) is 5.55. The minimum absolute atomic E-state index is 0.103. The molecule has 7 heteroatoms. The van der Waals surface area contributed by atoms with E-state index in [-0.39, 0.29) is 30.2 Å². The van der Waals surface area contributed by atoms with Crippen molar-refractivity contribution in [3.05, 3.63) is 99.6 Å². The number of non-ortho nitro benzene ring substituents is 1. The zero-order valence-electron chi connectivity index (χ0n) is 15.5. The minimum Gasteiger partial charge on any atom is -0.872 e. The average Bonchev–Trinajstić information content (AvgIpc) is 2.73. The first kappa shape index (κ1) is 19.9. The smallest absolute Gasteiger partial charge is 0.269 e. The van der Waals surface area contributed by atoms with Crippen LogP contribution in [0.15, 0.2) is 72.8 Å². The normalized spacial score (nSPS) is 10.3. The van der Waals surface area contributed by atoms with Crippen LogP contribution in [0, 0.1) is 10.1 Å². The lowest BCUT2D eigenvalue weighted by molar-refractivity contribution is -0.385. The predicted molar refractivity (Wildman–Crippen MR) is 106 cm³/mol. The van der Waals surface area contributed by atoms with Crippen molar-refractivity contribution in [2.75, 3.05) is 6.61 Å². The molecule has 0 bridgehead atoms. The molecule has 3 aromatic carbocycles. The van der Waals surface area contributed by atoms with Gasteiger partial charge in [-0.2, -0.15) is 0 Å². The van der Waals surface area contributed by atoms with E-state index in [4.69, 9.17) is 4.74 Å². The molecule has 0 atom stereocenters. The van der Waals surface area contributed by atoms with Crippen molar-refractivity contribution in [3.63, 3.8) is 0 Å². The number of benzene rings is 3. The number of carbonyl (C=O) groups is 1. The lowest BCUT2D eigenvalue weighted by atomic mass is 10.0. The molecule has 0 aliphatic heterocycles. The van der Waals surface area contributed by atoms with Gasteiger partial charge in [-0.05, 0) is 22.8 Å². The average molecular weight is 391 g/mol. The summed E-state index contributed by atoms with van der Waals surface area (Å²) in [7, 11) is 0. The number of hydrogen-bond acceptors (Lipinski definition) is 5. The Hall–Kier alpha value is -3.87. The maximum absolute atomic E-state index is 12.1. The first-order valence-electron chi connectivity index (χ1n) is 8.98. The van der Waals surface area contributed by atoms with Crippen molar-refractivity contribution < 1.29 is 19.6 Å². The molecule has 0 aliphatic rings. The highest BCUT2D eigenvalue weighted by molar-refractivity contribution is 5.77. The Bertz CT molecular complexity index is 1010. The van der Waals surface area contributed by atoms with Crippen molar-refractivity contribution in [2.24, 2.45) is 0 Å². The number of para-hydroxylation sites is 1. The second-order valence-corrected chi connectivity index (χ2v) is 6.38. The summed E-state index contributed by atoms with van der Waals surface area (Å²) in [4.78, 5) is 22.4. The van der Waals surface area contributed by atoms with E-state index in [1.54, 1.807) is 6.07 Å². The summed E-state index contributed by atoms with van der Waals surface area (Å²) in [5.41, 5.74) is 2.03. The highest BCUT2D eigenvalue weighted by atomic mass is 16.6. The van der Waals surface area contributed by atoms with Gasteiger partial charge in [-0.25, -0.2) is 0 Å². The molecule has 3 aromatic rings. The molecule has 148 valence electrons. The topological polar surface area (TPSA) is 105 Å². The van der Waals surface area contributed by atoms with E-state index >= 15 is 0 Å². The van der Waals surface area contributed by atoms with E-state index in [9.17, 15) is 20.0 Å². The maximum atomic E-state index is 12.1. The van der Waals surface area contributed by atoms with E-state index < -0.39 is 10.8 Å². The summed E-state index contributed by atoms with van der Waals surface area (Å²) in [6, 6.07) is 20.8. The van der Waals surface area contributed by atoms with Crippen LogP contribution >= 0.6 is 0 Å². The highest BCUT2D eigenvalue weighted by Crippen LogP contribution is 2.22. The molecule has 0 saturated carbocycles. The van der Waals surface area contributed by atoms with Gasteiger partial charge in [-0.15, -0.1) is 5.75 Å². The first-order chi connectivity index (χ1) is 14.0. The van der Waals surface area contributed by atoms with Crippen molar-refractivity contribution in [1.29, 1.82) is 0 Å². The molecular weight excluding hydrogens is 372 g/mol. The number of nitrogens with zero attached hydrogens (tertiary/aromatic N) is 1. The number of nitro benzene ring substituents is 1. The van der Waals surface area contributed by atoms with E-state index in [1.807, 2.05) is 48.5 Å². The van der Waals surface area contributed by atoms with Crippen molar-refractivity contribution in [3.8, 4) is 11.5 Å². The predicted octanol–water partition coefficient (Wildman–Crippen LogP) is 2.95. The van der Waals surface area contributed by atoms with Gasteiger partial charge in [0.1, 0.15) is 5.75 Å². The number of amides is 1. The van der Waals surface area contributed by atoms with Gasteiger partial charge < -0.3 is 15.2 Å². The van der Waals surface area contributed by atoms with E-state index in [0.717, 1.165) is 23.3 Å². The largest absolute Gasteiger partial charge is 0.872 e. The standard InChI is InChI=1S/C22H20N2O5/c25-20-11-10-19(24(27)28)13-18(20)14-23-22(26)15-29-21-9-5-4-8-17(21)12-16-6-2-1-3-7-16/h1-11,13,25H,12,14-15H2,(H,23,26)/p-1. The maximum Gasteiger partial charge on any atom is 0.269 e. The number of hydrogen-bond donors (Lipinski definition) is 1. The number of nitrogens with one attached hydrogen (secondary N) is 1. The number of rotatable bonds is 8. The lowest BCUT2D eigenvalue weighted by Gasteiger charge is -2.14. The molecule has 0 unspecified atom stereocenters. The minimum atomic E-state index is -0.586. The lowest BCUT2D eigenvalue weighted by Crippen LogP contribution is -2.29. The molecule has 0 saturated heterocycles. The fourth-order valence-corrected chi connectivity index (χ4v) is 2.81. The van der Waals surface area contributed by atoms with Gasteiger partial charge in [0.25, 0.3) is 11.6 Å². The van der Waals surface area contributed by atoms with E-state index in [1.165, 1.54) is 6.07 Å². The monoisotopic (exact) mass is 391 g/mol. The highest BCUT2D eigenvalue weighted by Gasteiger charge is 2.10. The summed E-state index contributed by atoms with van der Waals surface area (Å²) in [6.07, 6.45) is 0.672. The van der Waals surface area contributed by atoms with Crippen molar-refractivity contribution >= 4 is 11.6 Å². The summed E-state index contributed by atoms with van der Waals surface area (Å²) in [5, 5.41) is 25.2. The molecule has 0 radical (unpaired) electrons. The van der Waals surface area contributed by atoms with Crippen LogP contribution in [0.25, 0.3) is 0 Å². The Morgan fingerprint density at radius 2 is 1.69 bits per heavy atom. The molecule has 1 amide bonds. The van der Waals surface area contributed by atoms with Crippen molar-refractivity contribution in [1.82, 2.24) is 5.32 Å². The van der Waals surface area contributed by atoms with Crippen LogP contribution in [0.2, 0.25) is 0 Å². The molecular formula is C22H19N2O5-. The van der Waals surface area contributed by atoms with Gasteiger partial charge in [-0.3, -0.25) is 14.9 Å². The second-order valence-electron chi connectivity index (χ2n) is 6.38. The quantitative estimate of drug-likeness (QED) is 0.470. The zero-order valence-corrected chi connectivity index (χ0v) is 15.5. The second kappa shape index (κ2) is 9.36. The molecule has 0 aliphatic carbocycles. The van der Waals surface area contributed by atoms with Gasteiger partial charge in [0.15, 0.2) is 6.61 Å². The molecule has 29 heavy (non-hydrogen) atoms. The van der Waals surface area contributed by atoms with Crippen molar-refractivity contribution in [2.45, 2.75) is 13.0 Å². The van der Waals surface area contributed by atoms with Gasteiger partial charge in [0.2, 0.25) is 0 Å². The molecule has 7 nitrogen and oxygen atoms in total. The van der Waals surface area contributed by atoms with E-state index in [2.05, 4.69) is 5.32 Å². The molecule has 0 heterocycles. The van der Waals surface area contributed by atoms with Gasteiger partial charge >= 0.3 is 0 Å². The van der Waals surface area contributed by atoms with E-state index in [0.29, 0.717) is 12.2 Å². The third-order valence-corrected chi connectivity index (χ3v) is 4.30. The Kier molecular flexibility index (Phi) is 6.42. The molecule has 3 rings (SSSR count). The van der Waals surface area contributed by atoms with Crippen LogP contribution in [0.1, 0.15) is 16.7 Å². The Balaban J connectivity index is 1.58. The van der Waals surface area contributed by atoms with Crippen LogP contribution in [0.3, 0.4) is 0 Å². The van der Waals surface area contributed by atoms with Gasteiger partial charge in [0.05, 0.1) is 4.92 Å². The summed E-state index contributed by atoms with van der Waals surface area (Å²) in [6.45, 7) is -0.330. The molecule has 0 fully saturated rings. The Labute approximate surface area is 167 Å². The van der Waals surface area contributed by atoms with Crippen LogP contribution < -0.4 is 15.2 Å². The van der Waals surface area contributed by atoms with Gasteiger partial charge in [0, 0.05) is 25.1 Å². The first-order valence-corrected chi connectivity index (χ1v) is 8.98. The van der Waals surface area contributed by atoms with Crippen LogP contribution in [-0.2, 0) is 17.8 Å². The van der Waals surface area contributed by atoms with Crippen LogP contribution in [0.4, 0.5) is 5.69 Å². The summed E-state index contributed by atoms with van der Waals surface area (Å²) < 4.78 is 5.65. The Morgan fingerprint density at radius 1 is 0.966 bits per heavy atom. The summed E-state index contributed by atoms with van der Waals surface area (Å²) >= 11 is 0. The number of nitro groups is 1.